The van der Waals surface area contributed by atoms with Crippen LogP contribution in [0.5, 0.6) is 6.08 Å². The van der Waals surface area contributed by atoms with Crippen LogP contribution in [0.3, 0.4) is 0 Å². The summed E-state index contributed by atoms with van der Waals surface area (Å²) in [6, 6.07) is 0. The molecule has 0 aliphatic carbocycles. The molecule has 0 amide bonds. The Morgan fingerprint density at radius 2 is 2.15 bits per heavy atom. The molecule has 1 rings (SSSR count). The molecular weight excluding hydrogens is 193 g/mol. The predicted octanol–water partition coefficient (Wildman–Crippen LogP) is 0.985. The van der Waals surface area contributed by atoms with Crippen molar-refractivity contribution in [2.45, 2.75) is 6.36 Å². The zero-order chi connectivity index (χ0) is 9.73. The van der Waals surface area contributed by atoms with Gasteiger partial charge >= 0.3 is 12.4 Å². The van der Waals surface area contributed by atoms with E-state index in [0.717, 1.165) is 6.39 Å². The Kier molecular flexibility index (Phi) is 3.07. The van der Waals surface area contributed by atoms with E-state index in [9.17, 15) is 13.2 Å². The first kappa shape index (κ1) is 9.78. The smallest absolute Gasteiger partial charge is 0.447 e. The molecule has 8 heteroatoms. The molecule has 0 saturated carbocycles. The van der Waals surface area contributed by atoms with Gasteiger partial charge in [-0.05, 0) is 0 Å². The van der Waals surface area contributed by atoms with Crippen LogP contribution in [-0.4, -0.2) is 29.8 Å². The van der Waals surface area contributed by atoms with Crippen molar-refractivity contribution in [2.75, 3.05) is 13.2 Å². The van der Waals surface area contributed by atoms with Crippen molar-refractivity contribution in [2.24, 2.45) is 0 Å². The predicted molar refractivity (Wildman–Crippen MR) is 31.8 cm³/mol. The summed E-state index contributed by atoms with van der Waals surface area (Å²) in [6.45, 7) is -0.923. The Morgan fingerprint density at radius 1 is 1.38 bits per heavy atom. The van der Waals surface area contributed by atoms with E-state index in [2.05, 4.69) is 24.1 Å². The van der Waals surface area contributed by atoms with Crippen LogP contribution in [0.1, 0.15) is 0 Å². The first-order chi connectivity index (χ1) is 6.08. The maximum atomic E-state index is 11.4. The molecule has 5 nitrogen and oxygen atoms in total. The van der Waals surface area contributed by atoms with Crippen molar-refractivity contribution in [1.82, 2.24) is 10.2 Å². The molecule has 0 fully saturated rings. The fourth-order valence-electron chi connectivity index (χ4n) is 0.512. The largest absolute Gasteiger partial charge is 0.522 e. The zero-order valence-corrected chi connectivity index (χ0v) is 6.24. The van der Waals surface area contributed by atoms with E-state index in [1.165, 1.54) is 0 Å². The molecule has 1 aromatic heterocycles. The molecule has 0 saturated heterocycles. The number of ether oxygens (including phenoxy) is 2. The Balaban J connectivity index is 2.09. The van der Waals surface area contributed by atoms with Crippen LogP contribution >= 0.6 is 0 Å². The number of rotatable bonds is 4. The van der Waals surface area contributed by atoms with Crippen molar-refractivity contribution >= 4 is 0 Å². The van der Waals surface area contributed by atoms with Crippen molar-refractivity contribution in [3.05, 3.63) is 6.39 Å². The van der Waals surface area contributed by atoms with E-state index in [1.54, 1.807) is 0 Å². The highest BCUT2D eigenvalue weighted by Gasteiger charge is 2.28. The number of alkyl halides is 3. The van der Waals surface area contributed by atoms with Gasteiger partial charge in [-0.1, -0.05) is 5.10 Å². The molecule has 0 aromatic carbocycles. The van der Waals surface area contributed by atoms with E-state index in [1.807, 2.05) is 0 Å². The topological polar surface area (TPSA) is 57.4 Å². The lowest BCUT2D eigenvalue weighted by atomic mass is 10.8. The third-order valence-electron chi connectivity index (χ3n) is 0.915. The minimum Gasteiger partial charge on any atom is -0.447 e. The molecule has 74 valence electrons. The Hall–Kier alpha value is -1.31. The van der Waals surface area contributed by atoms with E-state index < -0.39 is 13.0 Å². The van der Waals surface area contributed by atoms with Gasteiger partial charge in [-0.2, -0.15) is 0 Å². The molecule has 0 aliphatic rings. The highest BCUT2D eigenvalue weighted by molar-refractivity contribution is 4.76. The maximum absolute atomic E-state index is 11.4. The molecule has 0 bridgehead atoms. The zero-order valence-electron chi connectivity index (χ0n) is 6.24. The van der Waals surface area contributed by atoms with Gasteiger partial charge in [-0.15, -0.1) is 18.3 Å². The Labute approximate surface area is 70.5 Å². The Bertz CT molecular complexity index is 236. The van der Waals surface area contributed by atoms with Crippen molar-refractivity contribution in [3.8, 4) is 6.08 Å². The maximum Gasteiger partial charge on any atom is 0.522 e. The van der Waals surface area contributed by atoms with E-state index in [4.69, 9.17) is 0 Å². The summed E-state index contributed by atoms with van der Waals surface area (Å²) in [7, 11) is 0. The third-order valence-corrected chi connectivity index (χ3v) is 0.915. The quantitative estimate of drug-likeness (QED) is 0.675. The summed E-state index contributed by atoms with van der Waals surface area (Å²) in [4.78, 5) is 0. The molecule has 0 unspecified atom stereocenters. The molecule has 1 aromatic rings. The van der Waals surface area contributed by atoms with Gasteiger partial charge in [-0.3, -0.25) is 4.74 Å². The second-order valence-electron chi connectivity index (χ2n) is 1.85. The monoisotopic (exact) mass is 198 g/mol. The van der Waals surface area contributed by atoms with Crippen LogP contribution in [-0.2, 0) is 4.74 Å². The molecule has 13 heavy (non-hydrogen) atoms. The number of aromatic nitrogens is 2. The van der Waals surface area contributed by atoms with Crippen LogP contribution in [0.2, 0.25) is 0 Å². The van der Waals surface area contributed by atoms with Crippen molar-refractivity contribution in [1.29, 1.82) is 0 Å². The molecule has 0 aliphatic heterocycles. The van der Waals surface area contributed by atoms with Gasteiger partial charge in [-0.25, -0.2) is 0 Å². The van der Waals surface area contributed by atoms with Crippen molar-refractivity contribution < 1.29 is 27.1 Å². The SMILES string of the molecule is FC(F)(F)OCCOc1nnco1. The number of hydrogen-bond donors (Lipinski definition) is 0. The summed E-state index contributed by atoms with van der Waals surface area (Å²) in [5, 5.41) is 6.52. The van der Waals surface area contributed by atoms with Gasteiger partial charge in [0.25, 0.3) is 0 Å². The third kappa shape index (κ3) is 4.31. The summed E-state index contributed by atoms with van der Waals surface area (Å²) in [6.07, 6.45) is -3.83. The standard InChI is InChI=1S/C5H5F3N2O3/c6-5(7,8)13-2-1-11-4-10-9-3-12-4/h3H,1-2H2. The minimum atomic E-state index is -4.64. The van der Waals surface area contributed by atoms with Gasteiger partial charge < -0.3 is 9.15 Å². The number of halogens is 3. The van der Waals surface area contributed by atoms with Crippen LogP contribution in [0.25, 0.3) is 0 Å². The number of nitrogens with zero attached hydrogens (tertiary/aromatic N) is 2. The molecule has 0 radical (unpaired) electrons. The van der Waals surface area contributed by atoms with E-state index in [-0.39, 0.29) is 12.7 Å². The van der Waals surface area contributed by atoms with Crippen molar-refractivity contribution in [3.63, 3.8) is 0 Å². The highest BCUT2D eigenvalue weighted by atomic mass is 19.4. The van der Waals surface area contributed by atoms with Crippen LogP contribution < -0.4 is 4.74 Å². The molecule has 0 spiro atoms. The van der Waals surface area contributed by atoms with Gasteiger partial charge in [0.2, 0.25) is 6.39 Å². The second-order valence-corrected chi connectivity index (χ2v) is 1.85. The lowest BCUT2D eigenvalue weighted by molar-refractivity contribution is -0.325. The fourth-order valence-corrected chi connectivity index (χ4v) is 0.512. The average Bonchev–Trinajstić information content (AvgIpc) is 2.48. The lowest BCUT2D eigenvalue weighted by Gasteiger charge is -2.05. The first-order valence-corrected chi connectivity index (χ1v) is 3.17. The van der Waals surface area contributed by atoms with Crippen LogP contribution in [0.4, 0.5) is 13.2 Å². The van der Waals surface area contributed by atoms with E-state index >= 15 is 0 Å². The minimum absolute atomic E-state index is 0.189. The van der Waals surface area contributed by atoms with Gasteiger partial charge in [0.15, 0.2) is 0 Å². The summed E-state index contributed by atoms with van der Waals surface area (Å²) < 4.78 is 46.7. The van der Waals surface area contributed by atoms with E-state index in [0.29, 0.717) is 0 Å². The number of hydrogen-bond acceptors (Lipinski definition) is 5. The lowest BCUT2D eigenvalue weighted by Crippen LogP contribution is -2.18. The van der Waals surface area contributed by atoms with Gasteiger partial charge in [0.05, 0.1) is 6.61 Å². The fraction of sp³-hybridized carbons (Fsp3) is 0.600. The summed E-state index contributed by atoms with van der Waals surface area (Å²) in [5.74, 6) is 0. The first-order valence-electron chi connectivity index (χ1n) is 3.17. The average molecular weight is 198 g/mol. The molecular formula is C5H5F3N2O3. The molecule has 0 atom stereocenters. The second kappa shape index (κ2) is 4.08. The van der Waals surface area contributed by atoms with Gasteiger partial charge in [0, 0.05) is 0 Å². The van der Waals surface area contributed by atoms with Gasteiger partial charge in [0.1, 0.15) is 6.61 Å². The Morgan fingerprint density at radius 3 is 2.69 bits per heavy atom. The highest BCUT2D eigenvalue weighted by Crippen LogP contribution is 2.15. The van der Waals surface area contributed by atoms with Crippen LogP contribution in [0.15, 0.2) is 10.8 Å². The molecule has 1 heterocycles. The normalized spacial score (nSPS) is 11.6. The van der Waals surface area contributed by atoms with Crippen LogP contribution in [0, 0.1) is 0 Å². The summed E-state index contributed by atoms with van der Waals surface area (Å²) in [5.41, 5.74) is 0. The molecule has 0 N–H and O–H groups in total. The summed E-state index contributed by atoms with van der Waals surface area (Å²) >= 11 is 0.